The second kappa shape index (κ2) is 8.04. The third-order valence-electron chi connectivity index (χ3n) is 5.69. The van der Waals surface area contributed by atoms with E-state index in [0.717, 1.165) is 42.5 Å². The van der Waals surface area contributed by atoms with Gasteiger partial charge in [0.1, 0.15) is 29.1 Å². The van der Waals surface area contributed by atoms with Gasteiger partial charge in [0.15, 0.2) is 23.3 Å². The first kappa shape index (κ1) is 22.8. The second-order valence-corrected chi connectivity index (χ2v) is 7.69. The number of hydrogen-bond donors (Lipinski definition) is 0. The number of fused-ring (bicyclic) bond motifs is 2. The number of benzene rings is 5. The number of hydrogen-bond acceptors (Lipinski definition) is 0. The molecule has 9 heteroatoms. The zero-order valence-corrected chi connectivity index (χ0v) is 17.1. The zero-order valence-electron chi connectivity index (χ0n) is 17.1. The van der Waals surface area contributed by atoms with Crippen molar-refractivity contribution < 1.29 is 39.5 Å². The fraction of sp³-hybridized carbons (Fsp3) is 0. The molecule has 0 unspecified atom stereocenters. The Hall–Kier alpha value is -4.01. The van der Waals surface area contributed by atoms with Crippen LogP contribution in [-0.2, 0) is 0 Å². The van der Waals surface area contributed by atoms with Crippen molar-refractivity contribution in [3.63, 3.8) is 0 Å². The van der Waals surface area contributed by atoms with E-state index >= 15 is 8.78 Å². The summed E-state index contributed by atoms with van der Waals surface area (Å²) in [6.45, 7) is 0. The summed E-state index contributed by atoms with van der Waals surface area (Å²) in [6.07, 6.45) is 0. The minimum Gasteiger partial charge on any atom is -0.207 e. The molecule has 0 amide bonds. The average molecular weight is 492 g/mol. The van der Waals surface area contributed by atoms with Crippen LogP contribution in [0.3, 0.4) is 0 Å². The van der Waals surface area contributed by atoms with Crippen molar-refractivity contribution in [3.8, 4) is 22.3 Å². The first-order chi connectivity index (χ1) is 16.6. The lowest BCUT2D eigenvalue weighted by atomic mass is 9.85. The van der Waals surface area contributed by atoms with Crippen molar-refractivity contribution in [1.82, 2.24) is 0 Å². The highest BCUT2D eigenvalue weighted by Gasteiger charge is 2.30. The van der Waals surface area contributed by atoms with Crippen molar-refractivity contribution >= 4 is 21.5 Å². The quantitative estimate of drug-likeness (QED) is 0.100. The van der Waals surface area contributed by atoms with E-state index in [2.05, 4.69) is 0 Å². The Balaban J connectivity index is 2.15. The summed E-state index contributed by atoms with van der Waals surface area (Å²) < 4.78 is 130. The van der Waals surface area contributed by atoms with Crippen LogP contribution in [0.4, 0.5) is 39.5 Å². The Morgan fingerprint density at radius 3 is 1.23 bits per heavy atom. The topological polar surface area (TPSA) is 0 Å². The van der Waals surface area contributed by atoms with Gasteiger partial charge in [0.25, 0.3) is 0 Å². The molecule has 176 valence electrons. The molecular formula is C26H9F9. The first-order valence-corrected chi connectivity index (χ1v) is 9.91. The zero-order chi connectivity index (χ0) is 25.2. The molecule has 0 bridgehead atoms. The Morgan fingerprint density at radius 1 is 0.371 bits per heavy atom. The standard InChI is InChI=1S/C26H9F9/c27-10-1-4-13-16(7-10)20(15-6-3-12(29)9-18(15)31)22-21(23(32)25(34)26(35)24(22)33)19(13)14-5-2-11(28)8-17(14)30/h1-9H. The lowest BCUT2D eigenvalue weighted by molar-refractivity contribution is 0.418. The van der Waals surface area contributed by atoms with E-state index in [9.17, 15) is 30.7 Å². The van der Waals surface area contributed by atoms with Crippen LogP contribution < -0.4 is 0 Å². The van der Waals surface area contributed by atoms with Gasteiger partial charge in [-0.1, -0.05) is 6.07 Å². The molecule has 0 aliphatic rings. The molecule has 0 nitrogen and oxygen atoms in total. The van der Waals surface area contributed by atoms with Crippen molar-refractivity contribution in [2.75, 3.05) is 0 Å². The molecule has 0 fully saturated rings. The van der Waals surface area contributed by atoms with Gasteiger partial charge >= 0.3 is 0 Å². The lowest BCUT2D eigenvalue weighted by Crippen LogP contribution is -2.04. The summed E-state index contributed by atoms with van der Waals surface area (Å²) in [5, 5.41) is -2.59. The smallest absolute Gasteiger partial charge is 0.198 e. The van der Waals surface area contributed by atoms with Crippen LogP contribution in [0, 0.1) is 52.4 Å². The third-order valence-corrected chi connectivity index (χ3v) is 5.69. The van der Waals surface area contributed by atoms with Crippen molar-refractivity contribution in [2.24, 2.45) is 0 Å². The van der Waals surface area contributed by atoms with Gasteiger partial charge in [-0.25, -0.2) is 39.5 Å². The maximum absolute atomic E-state index is 15.3. The molecule has 0 heterocycles. The Morgan fingerprint density at radius 2 is 0.771 bits per heavy atom. The molecular weight excluding hydrogens is 483 g/mol. The molecule has 0 aromatic heterocycles. The predicted octanol–water partition coefficient (Wildman–Crippen LogP) is 8.58. The summed E-state index contributed by atoms with van der Waals surface area (Å²) in [4.78, 5) is 0. The summed E-state index contributed by atoms with van der Waals surface area (Å²) in [5.74, 6) is -13.9. The van der Waals surface area contributed by atoms with Crippen LogP contribution >= 0.6 is 0 Å². The highest BCUT2D eigenvalue weighted by atomic mass is 19.2. The monoisotopic (exact) mass is 492 g/mol. The average Bonchev–Trinajstić information content (AvgIpc) is 2.80. The molecule has 35 heavy (non-hydrogen) atoms. The van der Waals surface area contributed by atoms with Crippen LogP contribution in [0.5, 0.6) is 0 Å². The molecule has 5 aromatic rings. The molecule has 0 aliphatic carbocycles. The molecule has 0 radical (unpaired) electrons. The van der Waals surface area contributed by atoms with Gasteiger partial charge in [0.05, 0.1) is 0 Å². The molecule has 0 aliphatic heterocycles. The predicted molar refractivity (Wildman–Crippen MR) is 112 cm³/mol. The fourth-order valence-electron chi connectivity index (χ4n) is 4.26. The van der Waals surface area contributed by atoms with Gasteiger partial charge in [-0.15, -0.1) is 0 Å². The highest BCUT2D eigenvalue weighted by Crippen LogP contribution is 2.47. The van der Waals surface area contributed by atoms with Crippen molar-refractivity contribution in [2.45, 2.75) is 0 Å². The van der Waals surface area contributed by atoms with Gasteiger partial charge in [-0.3, -0.25) is 0 Å². The largest absolute Gasteiger partial charge is 0.207 e. The van der Waals surface area contributed by atoms with Crippen molar-refractivity contribution in [1.29, 1.82) is 0 Å². The van der Waals surface area contributed by atoms with Gasteiger partial charge in [0, 0.05) is 45.2 Å². The van der Waals surface area contributed by atoms with Crippen LogP contribution in [-0.4, -0.2) is 0 Å². The summed E-state index contributed by atoms with van der Waals surface area (Å²) >= 11 is 0. The van der Waals surface area contributed by atoms with E-state index in [4.69, 9.17) is 0 Å². The number of halogens is 9. The maximum Gasteiger partial charge on any atom is 0.198 e. The van der Waals surface area contributed by atoms with E-state index in [-0.39, 0.29) is 10.8 Å². The van der Waals surface area contributed by atoms with Crippen LogP contribution in [0.25, 0.3) is 43.8 Å². The summed E-state index contributed by atoms with van der Waals surface area (Å²) in [6, 6.07) is 6.77. The van der Waals surface area contributed by atoms with E-state index in [1.165, 1.54) is 0 Å². The fourth-order valence-corrected chi connectivity index (χ4v) is 4.26. The van der Waals surface area contributed by atoms with Crippen LogP contribution in [0.15, 0.2) is 54.6 Å². The lowest BCUT2D eigenvalue weighted by Gasteiger charge is -2.20. The van der Waals surface area contributed by atoms with Gasteiger partial charge in [-0.05, 0) is 47.2 Å². The Labute approximate surface area is 190 Å². The molecule has 0 atom stereocenters. The minimum absolute atomic E-state index is 0.215. The van der Waals surface area contributed by atoms with Gasteiger partial charge in [0.2, 0.25) is 0 Å². The van der Waals surface area contributed by atoms with Gasteiger partial charge in [-0.2, -0.15) is 0 Å². The Bertz CT molecular complexity index is 1690. The van der Waals surface area contributed by atoms with E-state index in [1.807, 2.05) is 0 Å². The van der Waals surface area contributed by atoms with E-state index in [1.54, 1.807) is 0 Å². The van der Waals surface area contributed by atoms with Crippen LogP contribution in [0.1, 0.15) is 0 Å². The normalized spacial score (nSPS) is 11.6. The molecule has 0 saturated carbocycles. The highest BCUT2D eigenvalue weighted by molar-refractivity contribution is 6.21. The van der Waals surface area contributed by atoms with Gasteiger partial charge < -0.3 is 0 Å². The molecule has 0 spiro atoms. The maximum atomic E-state index is 15.3. The first-order valence-electron chi connectivity index (χ1n) is 9.91. The van der Waals surface area contributed by atoms with Crippen LogP contribution in [0.2, 0.25) is 0 Å². The molecule has 0 saturated heterocycles. The minimum atomic E-state index is -2.25. The van der Waals surface area contributed by atoms with Crippen molar-refractivity contribution in [3.05, 3.63) is 107 Å². The number of rotatable bonds is 2. The molecule has 5 rings (SSSR count). The summed E-state index contributed by atoms with van der Waals surface area (Å²) in [7, 11) is 0. The molecule has 0 N–H and O–H groups in total. The second-order valence-electron chi connectivity index (χ2n) is 7.69. The SMILES string of the molecule is Fc1ccc(-c2c3ccc(F)cc3c(-c3ccc(F)cc3F)c3c(F)c(F)c(F)c(F)c23)c(F)c1. The van der Waals surface area contributed by atoms with E-state index in [0.29, 0.717) is 12.1 Å². The Kier molecular flexibility index (Phi) is 5.23. The third kappa shape index (κ3) is 3.41. The molecule has 5 aromatic carbocycles. The summed E-state index contributed by atoms with van der Waals surface area (Å²) in [5.41, 5.74) is -2.28. The van der Waals surface area contributed by atoms with E-state index < -0.39 is 85.4 Å².